The number of nitrogens with one attached hydrogen (secondary N) is 1. The maximum atomic E-state index is 12.9. The molecule has 1 aliphatic carbocycles. The van der Waals surface area contributed by atoms with Crippen LogP contribution in [-0.4, -0.2) is 29.6 Å². The molecule has 0 radical (unpaired) electrons. The molecule has 122 valence electrons. The summed E-state index contributed by atoms with van der Waals surface area (Å²) in [4.78, 5) is 18.5. The van der Waals surface area contributed by atoms with Crippen LogP contribution < -0.4 is 10.2 Å². The Morgan fingerprint density at radius 1 is 1.39 bits per heavy atom. The van der Waals surface area contributed by atoms with Gasteiger partial charge in [0.05, 0.1) is 18.4 Å². The molecule has 1 aromatic heterocycles. The van der Waals surface area contributed by atoms with E-state index in [-0.39, 0.29) is 23.6 Å². The summed E-state index contributed by atoms with van der Waals surface area (Å²) in [5, 5.41) is 2.97. The average Bonchev–Trinajstić information content (AvgIpc) is 3.23. The van der Waals surface area contributed by atoms with Gasteiger partial charge >= 0.3 is 0 Å². The number of hydrogen-bond acceptors (Lipinski definition) is 3. The van der Waals surface area contributed by atoms with E-state index in [1.54, 1.807) is 18.3 Å². The molecule has 0 saturated heterocycles. The average molecular weight is 316 g/mol. The fourth-order valence-corrected chi connectivity index (χ4v) is 2.89. The lowest BCUT2D eigenvalue weighted by Gasteiger charge is -2.13. The first-order valence-electron chi connectivity index (χ1n) is 7.68. The van der Waals surface area contributed by atoms with Gasteiger partial charge < -0.3 is 14.8 Å². The van der Waals surface area contributed by atoms with Crippen LogP contribution in [0.4, 0.5) is 10.3 Å². The van der Waals surface area contributed by atoms with Crippen molar-refractivity contribution in [3.05, 3.63) is 47.5 Å². The second-order valence-electron chi connectivity index (χ2n) is 6.22. The molecule has 23 heavy (non-hydrogen) atoms. The number of imidazole rings is 1. The molecule has 0 unspecified atom stereocenters. The molecule has 1 heterocycles. The van der Waals surface area contributed by atoms with Crippen LogP contribution in [0.2, 0.25) is 0 Å². The zero-order valence-corrected chi connectivity index (χ0v) is 13.6. The van der Waals surface area contributed by atoms with Crippen LogP contribution in [0.25, 0.3) is 0 Å². The summed E-state index contributed by atoms with van der Waals surface area (Å²) in [7, 11) is 5.80. The van der Waals surface area contributed by atoms with Gasteiger partial charge in [-0.05, 0) is 30.0 Å². The lowest BCUT2D eigenvalue weighted by Crippen LogP contribution is -2.26. The third kappa shape index (κ3) is 3.21. The number of halogens is 1. The minimum absolute atomic E-state index is 0.0120. The lowest BCUT2D eigenvalue weighted by molar-refractivity contribution is -0.122. The fraction of sp³-hybridized carbons (Fsp3) is 0.412. The van der Waals surface area contributed by atoms with Crippen LogP contribution in [0.1, 0.15) is 23.6 Å². The summed E-state index contributed by atoms with van der Waals surface area (Å²) >= 11 is 0. The van der Waals surface area contributed by atoms with Crippen molar-refractivity contribution in [3.63, 3.8) is 0 Å². The number of carbonyl (C=O) groups is 1. The van der Waals surface area contributed by atoms with Crippen LogP contribution in [0.15, 0.2) is 30.5 Å². The van der Waals surface area contributed by atoms with E-state index in [9.17, 15) is 9.18 Å². The van der Waals surface area contributed by atoms with Crippen molar-refractivity contribution >= 4 is 11.9 Å². The Kier molecular flexibility index (Phi) is 4.07. The van der Waals surface area contributed by atoms with Crippen molar-refractivity contribution in [3.8, 4) is 0 Å². The fourth-order valence-electron chi connectivity index (χ4n) is 2.89. The highest BCUT2D eigenvalue weighted by atomic mass is 19.1. The second-order valence-corrected chi connectivity index (χ2v) is 6.22. The number of hydrogen-bond donors (Lipinski definition) is 1. The molecule has 0 aliphatic heterocycles. The van der Waals surface area contributed by atoms with Crippen molar-refractivity contribution in [1.29, 1.82) is 0 Å². The number of amides is 1. The van der Waals surface area contributed by atoms with E-state index >= 15 is 0 Å². The van der Waals surface area contributed by atoms with Gasteiger partial charge in [-0.1, -0.05) is 12.1 Å². The van der Waals surface area contributed by atoms with E-state index in [2.05, 4.69) is 10.3 Å². The van der Waals surface area contributed by atoms with Crippen LogP contribution in [-0.2, 0) is 18.4 Å². The van der Waals surface area contributed by atoms with Gasteiger partial charge in [0, 0.05) is 27.1 Å². The highest BCUT2D eigenvalue weighted by Crippen LogP contribution is 2.47. The molecule has 1 saturated carbocycles. The molecule has 3 rings (SSSR count). The standard InChI is InChI=1S/C17H21FN4O/c1-21(2)17-20-10-13(22(17)3)9-19-16(23)15-8-14(15)11-4-6-12(18)7-5-11/h4-7,10,14-15H,8-9H2,1-3H3,(H,19,23)/t14-,15+/m0/s1. The summed E-state index contributed by atoms with van der Waals surface area (Å²) in [5.41, 5.74) is 1.99. The SMILES string of the molecule is CN(C)c1ncc(CNC(=O)[C@@H]2C[C@H]2c2ccc(F)cc2)n1C. The molecule has 1 aliphatic rings. The van der Waals surface area contributed by atoms with E-state index in [4.69, 9.17) is 0 Å². The molecular weight excluding hydrogens is 295 g/mol. The minimum Gasteiger partial charge on any atom is -0.350 e. The van der Waals surface area contributed by atoms with E-state index < -0.39 is 0 Å². The molecule has 0 spiro atoms. The Hall–Kier alpha value is -2.37. The number of rotatable bonds is 5. The van der Waals surface area contributed by atoms with Crippen molar-refractivity contribution < 1.29 is 9.18 Å². The molecule has 2 aromatic rings. The summed E-state index contributed by atoms with van der Waals surface area (Å²) in [6.07, 6.45) is 2.60. The molecule has 2 atom stereocenters. The highest BCUT2D eigenvalue weighted by molar-refractivity contribution is 5.82. The molecular formula is C17H21FN4O. The molecule has 5 nitrogen and oxygen atoms in total. The van der Waals surface area contributed by atoms with Gasteiger partial charge in [0.15, 0.2) is 0 Å². The van der Waals surface area contributed by atoms with Crippen LogP contribution >= 0.6 is 0 Å². The van der Waals surface area contributed by atoms with Crippen LogP contribution in [0.5, 0.6) is 0 Å². The summed E-state index contributed by atoms with van der Waals surface area (Å²) < 4.78 is 14.9. The second kappa shape index (κ2) is 6.02. The van der Waals surface area contributed by atoms with Gasteiger partial charge in [0.1, 0.15) is 5.82 Å². The minimum atomic E-state index is -0.247. The highest BCUT2D eigenvalue weighted by Gasteiger charge is 2.43. The Balaban J connectivity index is 1.56. The first-order chi connectivity index (χ1) is 11.0. The van der Waals surface area contributed by atoms with Gasteiger partial charge in [-0.15, -0.1) is 0 Å². The summed E-state index contributed by atoms with van der Waals surface area (Å²) in [6, 6.07) is 6.41. The van der Waals surface area contributed by atoms with Gasteiger partial charge in [-0.25, -0.2) is 9.37 Å². The maximum absolute atomic E-state index is 12.9. The molecule has 1 fully saturated rings. The number of benzene rings is 1. The van der Waals surface area contributed by atoms with E-state index in [1.165, 1.54) is 12.1 Å². The predicted molar refractivity (Wildman–Crippen MR) is 86.6 cm³/mol. The smallest absolute Gasteiger partial charge is 0.224 e. The topological polar surface area (TPSA) is 50.2 Å². The number of nitrogens with zero attached hydrogens (tertiary/aromatic N) is 3. The van der Waals surface area contributed by atoms with Crippen molar-refractivity contribution in [1.82, 2.24) is 14.9 Å². The Morgan fingerprint density at radius 2 is 2.09 bits per heavy atom. The van der Waals surface area contributed by atoms with E-state index in [0.717, 1.165) is 23.6 Å². The quantitative estimate of drug-likeness (QED) is 0.918. The maximum Gasteiger partial charge on any atom is 0.224 e. The monoisotopic (exact) mass is 316 g/mol. The Labute approximate surface area is 135 Å². The first kappa shape index (κ1) is 15.5. The molecule has 1 aromatic carbocycles. The Bertz CT molecular complexity index is 708. The zero-order valence-electron chi connectivity index (χ0n) is 13.6. The van der Waals surface area contributed by atoms with Crippen molar-refractivity contribution in [2.24, 2.45) is 13.0 Å². The number of anilines is 1. The molecule has 1 amide bonds. The van der Waals surface area contributed by atoms with Gasteiger partial charge in [0.25, 0.3) is 0 Å². The van der Waals surface area contributed by atoms with Crippen molar-refractivity contribution in [2.45, 2.75) is 18.9 Å². The summed E-state index contributed by atoms with van der Waals surface area (Å²) in [6.45, 7) is 0.461. The van der Waals surface area contributed by atoms with Gasteiger partial charge in [-0.3, -0.25) is 4.79 Å². The third-order valence-electron chi connectivity index (χ3n) is 4.33. The number of carbonyl (C=O) groups excluding carboxylic acids is 1. The largest absolute Gasteiger partial charge is 0.350 e. The van der Waals surface area contributed by atoms with Gasteiger partial charge in [0.2, 0.25) is 11.9 Å². The first-order valence-corrected chi connectivity index (χ1v) is 7.68. The van der Waals surface area contributed by atoms with Gasteiger partial charge in [-0.2, -0.15) is 0 Å². The normalized spacial score (nSPS) is 19.5. The van der Waals surface area contributed by atoms with E-state index in [1.807, 2.05) is 30.6 Å². The Morgan fingerprint density at radius 3 is 2.70 bits per heavy atom. The predicted octanol–water partition coefficient (Wildman–Crippen LogP) is 2.05. The number of aromatic nitrogens is 2. The molecule has 1 N–H and O–H groups in total. The van der Waals surface area contributed by atoms with Crippen LogP contribution in [0, 0.1) is 11.7 Å². The molecule has 0 bridgehead atoms. The van der Waals surface area contributed by atoms with Crippen LogP contribution in [0.3, 0.4) is 0 Å². The molecule has 6 heteroatoms. The summed E-state index contributed by atoms with van der Waals surface area (Å²) in [5.74, 6) is 0.849. The lowest BCUT2D eigenvalue weighted by atomic mass is 10.1. The van der Waals surface area contributed by atoms with Crippen molar-refractivity contribution in [2.75, 3.05) is 19.0 Å². The third-order valence-corrected chi connectivity index (χ3v) is 4.33. The van der Waals surface area contributed by atoms with E-state index in [0.29, 0.717) is 6.54 Å². The zero-order chi connectivity index (χ0) is 16.6.